The molecule has 4 nitrogen and oxygen atoms in total. The van der Waals surface area contributed by atoms with Crippen LogP contribution in [0.25, 0.3) is 0 Å². The van der Waals surface area contributed by atoms with Crippen LogP contribution < -0.4 is 5.73 Å². The van der Waals surface area contributed by atoms with Gasteiger partial charge in [0, 0.05) is 17.6 Å². The number of hydrogen-bond donors (Lipinski definition) is 2. The molecule has 9 heavy (non-hydrogen) atoms. The Balaban J connectivity index is 3.67. The third-order valence-electron chi connectivity index (χ3n) is 0.606. The van der Waals surface area contributed by atoms with Crippen LogP contribution in [0.3, 0.4) is 0 Å². The second kappa shape index (κ2) is 3.09. The monoisotopic (exact) mass is 169 g/mol. The van der Waals surface area contributed by atoms with E-state index in [0.717, 1.165) is 0 Å². The van der Waals surface area contributed by atoms with Crippen molar-refractivity contribution in [3.05, 3.63) is 0 Å². The first-order valence-electron chi connectivity index (χ1n) is 2.15. The van der Waals surface area contributed by atoms with Crippen molar-refractivity contribution in [1.82, 2.24) is 0 Å². The van der Waals surface area contributed by atoms with E-state index >= 15 is 0 Å². The molecular formula is C3H7NO3S2. The molecule has 54 valence electrons. The molecule has 0 saturated carbocycles. The standard InChI is InChI=1S/C3H7NO3S2/c4-3(5)1-2-9(6,7)8/h1-2H2,(H2,4,5)(H,6,7,8). The second-order valence-corrected chi connectivity index (χ2v) is 4.64. The molecule has 0 rings (SSSR count). The average Bonchev–Trinajstić information content (AvgIpc) is 1.59. The Bertz CT molecular complexity index is 195. The van der Waals surface area contributed by atoms with Gasteiger partial charge in [0.1, 0.15) is 8.77 Å². The Morgan fingerprint density at radius 2 is 2.22 bits per heavy atom. The van der Waals surface area contributed by atoms with Crippen LogP contribution in [-0.2, 0) is 24.8 Å². The van der Waals surface area contributed by atoms with Gasteiger partial charge in [-0.25, -0.2) is 4.21 Å². The number of amides is 1. The highest BCUT2D eigenvalue weighted by molar-refractivity contribution is 8.29. The molecule has 1 amide bonds. The number of carbonyl (C=O) groups is 1. The molecule has 0 aliphatic heterocycles. The molecule has 0 saturated heterocycles. The summed E-state index contributed by atoms with van der Waals surface area (Å²) in [6.07, 6.45) is -0.126. The van der Waals surface area contributed by atoms with E-state index in [-0.39, 0.29) is 12.2 Å². The molecule has 0 fully saturated rings. The van der Waals surface area contributed by atoms with Crippen LogP contribution in [0.1, 0.15) is 6.42 Å². The summed E-state index contributed by atoms with van der Waals surface area (Å²) in [7, 11) is -3.19. The molecule has 1 atom stereocenters. The van der Waals surface area contributed by atoms with Crippen LogP contribution in [-0.4, -0.2) is 20.4 Å². The zero-order valence-corrected chi connectivity index (χ0v) is 6.20. The van der Waals surface area contributed by atoms with Crippen molar-refractivity contribution in [2.45, 2.75) is 6.42 Å². The van der Waals surface area contributed by atoms with Crippen LogP contribution in [0.4, 0.5) is 0 Å². The van der Waals surface area contributed by atoms with E-state index in [2.05, 4.69) is 16.9 Å². The highest BCUT2D eigenvalue weighted by Gasteiger charge is 2.01. The lowest BCUT2D eigenvalue weighted by Crippen LogP contribution is -2.15. The summed E-state index contributed by atoms with van der Waals surface area (Å²) in [5.74, 6) is -0.834. The summed E-state index contributed by atoms with van der Waals surface area (Å²) >= 11 is 4.08. The summed E-state index contributed by atoms with van der Waals surface area (Å²) in [5.41, 5.74) is 4.68. The first-order valence-corrected chi connectivity index (χ1v) is 4.76. The van der Waals surface area contributed by atoms with Crippen molar-refractivity contribution in [1.29, 1.82) is 0 Å². The van der Waals surface area contributed by atoms with Crippen molar-refractivity contribution < 1.29 is 13.6 Å². The maximum Gasteiger partial charge on any atom is 0.218 e. The van der Waals surface area contributed by atoms with Gasteiger partial charge >= 0.3 is 0 Å². The summed E-state index contributed by atoms with van der Waals surface area (Å²) in [6.45, 7) is 0. The van der Waals surface area contributed by atoms with Crippen molar-refractivity contribution >= 4 is 25.9 Å². The lowest BCUT2D eigenvalue weighted by molar-refractivity contribution is -0.117. The molecule has 0 aromatic heterocycles. The van der Waals surface area contributed by atoms with Crippen molar-refractivity contribution in [2.24, 2.45) is 5.73 Å². The number of primary amides is 1. The van der Waals surface area contributed by atoms with Gasteiger partial charge in [0.2, 0.25) is 5.91 Å². The van der Waals surface area contributed by atoms with Gasteiger partial charge < -0.3 is 10.3 Å². The third-order valence-corrected chi connectivity index (χ3v) is 1.83. The fraction of sp³-hybridized carbons (Fsp3) is 0.667. The molecule has 0 aromatic rings. The average molecular weight is 169 g/mol. The predicted octanol–water partition coefficient (Wildman–Crippen LogP) is -0.919. The fourth-order valence-corrected chi connectivity index (χ4v) is 0.939. The number of nitrogens with two attached hydrogens (primary N) is 1. The minimum atomic E-state index is -3.19. The number of rotatable bonds is 3. The van der Waals surface area contributed by atoms with E-state index < -0.39 is 14.7 Å². The molecule has 0 spiro atoms. The normalized spacial score (nSPS) is 16.6. The van der Waals surface area contributed by atoms with E-state index in [1.807, 2.05) is 0 Å². The van der Waals surface area contributed by atoms with Crippen molar-refractivity contribution in [3.8, 4) is 0 Å². The molecule has 1 unspecified atom stereocenters. The molecule has 0 radical (unpaired) electrons. The molecule has 0 bridgehead atoms. The van der Waals surface area contributed by atoms with Gasteiger partial charge in [-0.2, -0.15) is 0 Å². The minimum absolute atomic E-state index is 0.126. The molecule has 0 aromatic carbocycles. The summed E-state index contributed by atoms with van der Waals surface area (Å²) < 4.78 is 18.7. The highest BCUT2D eigenvalue weighted by atomic mass is 32.8. The SMILES string of the molecule is NC(=O)CCS(=O)(O)=S. The lowest BCUT2D eigenvalue weighted by Gasteiger charge is -1.93. The first kappa shape index (κ1) is 8.80. The van der Waals surface area contributed by atoms with Gasteiger partial charge in [-0.15, -0.1) is 0 Å². The topological polar surface area (TPSA) is 80.4 Å². The Labute approximate surface area is 57.9 Å². The zero-order chi connectivity index (χ0) is 7.49. The largest absolute Gasteiger partial charge is 0.370 e. The van der Waals surface area contributed by atoms with Crippen LogP contribution in [0.15, 0.2) is 0 Å². The summed E-state index contributed by atoms with van der Waals surface area (Å²) in [5, 5.41) is 0. The fourth-order valence-electron chi connectivity index (χ4n) is 0.230. The second-order valence-electron chi connectivity index (χ2n) is 1.50. The van der Waals surface area contributed by atoms with Gasteiger partial charge in [-0.3, -0.25) is 4.79 Å². The van der Waals surface area contributed by atoms with Gasteiger partial charge in [0.25, 0.3) is 0 Å². The molecule has 0 aliphatic rings. The van der Waals surface area contributed by atoms with Crippen LogP contribution in [0.2, 0.25) is 0 Å². The Morgan fingerprint density at radius 1 is 1.78 bits per heavy atom. The smallest absolute Gasteiger partial charge is 0.218 e. The van der Waals surface area contributed by atoms with Crippen molar-refractivity contribution in [3.63, 3.8) is 0 Å². The predicted molar refractivity (Wildman–Crippen MR) is 36.8 cm³/mol. The first-order chi connectivity index (χ1) is 3.92. The van der Waals surface area contributed by atoms with Gasteiger partial charge in [-0.1, -0.05) is 0 Å². The highest BCUT2D eigenvalue weighted by Crippen LogP contribution is 1.86. The van der Waals surface area contributed by atoms with Gasteiger partial charge in [-0.05, 0) is 0 Å². The quantitative estimate of drug-likeness (QED) is 0.572. The van der Waals surface area contributed by atoms with E-state index in [9.17, 15) is 9.00 Å². The molecule has 0 heterocycles. The van der Waals surface area contributed by atoms with E-state index in [4.69, 9.17) is 4.55 Å². The number of hydrogen-bond acceptors (Lipinski definition) is 3. The van der Waals surface area contributed by atoms with Gasteiger partial charge in [0.15, 0.2) is 0 Å². The lowest BCUT2D eigenvalue weighted by atomic mass is 10.5. The van der Waals surface area contributed by atoms with E-state index in [0.29, 0.717) is 0 Å². The molecule has 6 heteroatoms. The Kier molecular flexibility index (Phi) is 3.02. The Hall–Kier alpha value is -0.200. The van der Waals surface area contributed by atoms with E-state index in [1.54, 1.807) is 0 Å². The maximum absolute atomic E-state index is 10.3. The van der Waals surface area contributed by atoms with Crippen molar-refractivity contribution in [2.75, 3.05) is 5.75 Å². The zero-order valence-electron chi connectivity index (χ0n) is 4.57. The Morgan fingerprint density at radius 3 is 2.33 bits per heavy atom. The minimum Gasteiger partial charge on any atom is -0.370 e. The van der Waals surface area contributed by atoms with E-state index in [1.165, 1.54) is 0 Å². The van der Waals surface area contributed by atoms with Crippen LogP contribution in [0, 0.1) is 0 Å². The van der Waals surface area contributed by atoms with Crippen LogP contribution in [0.5, 0.6) is 0 Å². The van der Waals surface area contributed by atoms with Gasteiger partial charge in [0.05, 0.1) is 5.75 Å². The molecule has 0 aliphatic carbocycles. The molecular weight excluding hydrogens is 162 g/mol. The molecule has 3 N–H and O–H groups in total. The summed E-state index contributed by atoms with van der Waals surface area (Å²) in [4.78, 5) is 9.99. The third kappa shape index (κ3) is 7.80. The van der Waals surface area contributed by atoms with Crippen LogP contribution >= 0.6 is 0 Å². The maximum atomic E-state index is 10.3. The summed E-state index contributed by atoms with van der Waals surface area (Å²) in [6, 6.07) is 0. The number of carbonyl (C=O) groups excluding carboxylic acids is 1.